The van der Waals surface area contributed by atoms with E-state index >= 15 is 0 Å². The van der Waals surface area contributed by atoms with Gasteiger partial charge in [0, 0.05) is 18.8 Å². The number of carbonyl (C=O) groups excluding carboxylic acids is 2. The van der Waals surface area contributed by atoms with Crippen molar-refractivity contribution in [3.05, 3.63) is 54.3 Å². The molecule has 2 rings (SSSR count). The highest BCUT2D eigenvalue weighted by Gasteiger charge is 2.14. The first-order valence-electron chi connectivity index (χ1n) is 7.54. The maximum atomic E-state index is 12.8. The van der Waals surface area contributed by atoms with E-state index in [1.54, 1.807) is 24.3 Å². The van der Waals surface area contributed by atoms with E-state index in [2.05, 4.69) is 5.32 Å². The largest absolute Gasteiger partial charge is 0.497 e. The van der Waals surface area contributed by atoms with E-state index in [4.69, 9.17) is 9.47 Å². The molecule has 2 amide bonds. The molecule has 0 unspecified atom stereocenters. The van der Waals surface area contributed by atoms with E-state index < -0.39 is 0 Å². The normalized spacial score (nSPS) is 10.0. The van der Waals surface area contributed by atoms with Gasteiger partial charge in [0.25, 0.3) is 5.91 Å². The third kappa shape index (κ3) is 5.80. The molecule has 0 aliphatic rings. The Morgan fingerprint density at radius 3 is 2.52 bits per heavy atom. The van der Waals surface area contributed by atoms with Crippen molar-refractivity contribution in [3.8, 4) is 11.5 Å². The van der Waals surface area contributed by atoms with Crippen molar-refractivity contribution in [2.24, 2.45) is 0 Å². The Balaban J connectivity index is 1.81. The molecule has 0 atom stereocenters. The lowest BCUT2D eigenvalue weighted by atomic mass is 10.3. The zero-order chi connectivity index (χ0) is 18.2. The molecule has 1 N–H and O–H groups in total. The van der Waals surface area contributed by atoms with Crippen LogP contribution in [0.2, 0.25) is 0 Å². The van der Waals surface area contributed by atoms with E-state index in [1.807, 2.05) is 0 Å². The first kappa shape index (κ1) is 18.3. The highest BCUT2D eigenvalue weighted by Crippen LogP contribution is 2.16. The van der Waals surface area contributed by atoms with Crippen LogP contribution in [0.1, 0.15) is 0 Å². The summed E-state index contributed by atoms with van der Waals surface area (Å²) in [6.45, 7) is -0.364. The van der Waals surface area contributed by atoms with Gasteiger partial charge in [-0.2, -0.15) is 0 Å². The van der Waals surface area contributed by atoms with E-state index in [-0.39, 0.29) is 30.8 Å². The van der Waals surface area contributed by atoms with Crippen molar-refractivity contribution in [2.45, 2.75) is 0 Å². The average molecular weight is 346 g/mol. The Kier molecular flexibility index (Phi) is 6.33. The maximum absolute atomic E-state index is 12.8. The van der Waals surface area contributed by atoms with Gasteiger partial charge in [0.05, 0.1) is 13.7 Å². The van der Waals surface area contributed by atoms with Crippen LogP contribution in [0.15, 0.2) is 48.5 Å². The number of nitrogens with zero attached hydrogens (tertiary/aromatic N) is 1. The average Bonchev–Trinajstić information content (AvgIpc) is 2.61. The Labute approximate surface area is 145 Å². The third-order valence-electron chi connectivity index (χ3n) is 3.34. The quantitative estimate of drug-likeness (QED) is 0.835. The summed E-state index contributed by atoms with van der Waals surface area (Å²) in [4.78, 5) is 25.3. The molecule has 0 aliphatic heterocycles. The second kappa shape index (κ2) is 8.68. The molecular formula is C18H19FN2O4. The molecule has 0 aliphatic carbocycles. The number of hydrogen-bond acceptors (Lipinski definition) is 4. The molecule has 0 fully saturated rings. The Bertz CT molecular complexity index is 734. The Hall–Kier alpha value is -3.09. The minimum absolute atomic E-state index is 0.122. The van der Waals surface area contributed by atoms with Crippen LogP contribution >= 0.6 is 0 Å². The van der Waals surface area contributed by atoms with E-state index in [0.29, 0.717) is 17.2 Å². The van der Waals surface area contributed by atoms with Gasteiger partial charge in [0.15, 0.2) is 6.61 Å². The van der Waals surface area contributed by atoms with Gasteiger partial charge in [-0.15, -0.1) is 0 Å². The molecule has 0 saturated carbocycles. The summed E-state index contributed by atoms with van der Waals surface area (Å²) in [5.74, 6) is -0.0973. The number of likely N-dealkylation sites (N-methyl/N-ethyl adjacent to an activating group) is 1. The van der Waals surface area contributed by atoms with E-state index in [9.17, 15) is 14.0 Å². The fourth-order valence-corrected chi connectivity index (χ4v) is 1.99. The summed E-state index contributed by atoms with van der Waals surface area (Å²) in [5.41, 5.74) is 0.577. The number of halogens is 1. The number of methoxy groups -OCH3 is 1. The SMILES string of the molecule is COc1cccc(NC(=O)CN(C)C(=O)COc2ccc(F)cc2)c1. The monoisotopic (exact) mass is 346 g/mol. The lowest BCUT2D eigenvalue weighted by Gasteiger charge is -2.17. The van der Waals surface area contributed by atoms with Gasteiger partial charge in [-0.25, -0.2) is 4.39 Å². The minimum atomic E-state index is -0.384. The first-order chi connectivity index (χ1) is 12.0. The molecule has 0 spiro atoms. The fourth-order valence-electron chi connectivity index (χ4n) is 1.99. The molecular weight excluding hydrogens is 327 g/mol. The number of carbonyl (C=O) groups is 2. The van der Waals surface area contributed by atoms with Crippen molar-refractivity contribution in [2.75, 3.05) is 32.6 Å². The fraction of sp³-hybridized carbons (Fsp3) is 0.222. The zero-order valence-electron chi connectivity index (χ0n) is 14.0. The van der Waals surface area contributed by atoms with E-state index in [1.165, 1.54) is 43.3 Å². The van der Waals surface area contributed by atoms with Crippen molar-refractivity contribution in [1.29, 1.82) is 0 Å². The molecule has 0 aromatic heterocycles. The number of amides is 2. The molecule has 0 heterocycles. The highest BCUT2D eigenvalue weighted by atomic mass is 19.1. The number of rotatable bonds is 7. The van der Waals surface area contributed by atoms with Crippen LogP contribution in [0.5, 0.6) is 11.5 Å². The van der Waals surface area contributed by atoms with Crippen molar-refractivity contribution in [3.63, 3.8) is 0 Å². The summed E-state index contributed by atoms with van der Waals surface area (Å²) in [6.07, 6.45) is 0. The number of hydrogen-bond donors (Lipinski definition) is 1. The standard InChI is InChI=1S/C18H19FN2O4/c1-21(18(23)12-25-15-8-6-13(19)7-9-15)11-17(22)20-14-4-3-5-16(10-14)24-2/h3-10H,11-12H2,1-2H3,(H,20,22). The summed E-state index contributed by atoms with van der Waals surface area (Å²) >= 11 is 0. The molecule has 132 valence electrons. The van der Waals surface area contributed by atoms with Gasteiger partial charge in [-0.1, -0.05) is 6.07 Å². The first-order valence-corrected chi connectivity index (χ1v) is 7.54. The van der Waals surface area contributed by atoms with Gasteiger partial charge in [0.1, 0.15) is 17.3 Å². The molecule has 0 bridgehead atoms. The van der Waals surface area contributed by atoms with Crippen molar-refractivity contribution >= 4 is 17.5 Å². The predicted octanol–water partition coefficient (Wildman–Crippen LogP) is 2.31. The molecule has 2 aromatic rings. The Morgan fingerprint density at radius 2 is 1.84 bits per heavy atom. The molecule has 0 saturated heterocycles. The number of nitrogens with one attached hydrogen (secondary N) is 1. The van der Waals surface area contributed by atoms with Crippen LogP contribution in [-0.2, 0) is 9.59 Å². The van der Waals surface area contributed by atoms with E-state index in [0.717, 1.165) is 0 Å². The van der Waals surface area contributed by atoms with Crippen LogP contribution in [0.25, 0.3) is 0 Å². The van der Waals surface area contributed by atoms with Crippen molar-refractivity contribution in [1.82, 2.24) is 4.90 Å². The zero-order valence-corrected chi connectivity index (χ0v) is 14.0. The topological polar surface area (TPSA) is 67.9 Å². The molecule has 25 heavy (non-hydrogen) atoms. The van der Waals surface area contributed by atoms with Gasteiger partial charge in [0.2, 0.25) is 5.91 Å². The second-order valence-corrected chi connectivity index (χ2v) is 5.27. The molecule has 2 aromatic carbocycles. The van der Waals surface area contributed by atoms with Gasteiger partial charge in [-0.3, -0.25) is 9.59 Å². The van der Waals surface area contributed by atoms with Gasteiger partial charge < -0.3 is 19.7 Å². The van der Waals surface area contributed by atoms with Gasteiger partial charge >= 0.3 is 0 Å². The Morgan fingerprint density at radius 1 is 1.12 bits per heavy atom. The number of benzene rings is 2. The minimum Gasteiger partial charge on any atom is -0.497 e. The van der Waals surface area contributed by atoms with Crippen molar-refractivity contribution < 1.29 is 23.5 Å². The molecule has 0 radical (unpaired) electrons. The number of ether oxygens (including phenoxy) is 2. The third-order valence-corrected chi connectivity index (χ3v) is 3.34. The summed E-state index contributed by atoms with van der Waals surface area (Å²) < 4.78 is 23.2. The van der Waals surface area contributed by atoms with Crippen LogP contribution in [0, 0.1) is 5.82 Å². The lowest BCUT2D eigenvalue weighted by molar-refractivity contribution is -0.135. The molecule has 7 heteroatoms. The maximum Gasteiger partial charge on any atom is 0.260 e. The summed E-state index contributed by atoms with van der Waals surface area (Å²) in [5, 5.41) is 2.69. The summed E-state index contributed by atoms with van der Waals surface area (Å²) in [6, 6.07) is 12.3. The predicted molar refractivity (Wildman–Crippen MR) is 91.2 cm³/mol. The highest BCUT2D eigenvalue weighted by molar-refractivity contribution is 5.94. The molecule has 6 nitrogen and oxygen atoms in total. The summed E-state index contributed by atoms with van der Waals surface area (Å²) in [7, 11) is 3.04. The number of anilines is 1. The lowest BCUT2D eigenvalue weighted by Crippen LogP contribution is -2.37. The van der Waals surface area contributed by atoms with Crippen LogP contribution < -0.4 is 14.8 Å². The van der Waals surface area contributed by atoms with Crippen LogP contribution in [0.4, 0.5) is 10.1 Å². The van der Waals surface area contributed by atoms with Crippen LogP contribution in [-0.4, -0.2) is 44.0 Å². The van der Waals surface area contributed by atoms with Gasteiger partial charge in [-0.05, 0) is 36.4 Å². The smallest absolute Gasteiger partial charge is 0.260 e. The van der Waals surface area contributed by atoms with Crippen LogP contribution in [0.3, 0.4) is 0 Å². The second-order valence-electron chi connectivity index (χ2n) is 5.27.